The van der Waals surface area contributed by atoms with Gasteiger partial charge in [-0.25, -0.2) is 13.2 Å². The van der Waals surface area contributed by atoms with Crippen molar-refractivity contribution in [2.75, 3.05) is 13.2 Å². The van der Waals surface area contributed by atoms with Gasteiger partial charge in [-0.05, 0) is 36.8 Å². The summed E-state index contributed by atoms with van der Waals surface area (Å²) in [6, 6.07) is 4.50. The molecule has 0 saturated carbocycles. The number of nitrogens with one attached hydrogen (secondary N) is 1. The molecule has 0 bridgehead atoms. The zero-order valence-electron chi connectivity index (χ0n) is 21.0. The number of hydrazone groups is 1. The van der Waals surface area contributed by atoms with Gasteiger partial charge in [0, 0.05) is 54.3 Å². The van der Waals surface area contributed by atoms with Crippen molar-refractivity contribution in [1.29, 1.82) is 0 Å². The Labute approximate surface area is 237 Å². The second kappa shape index (κ2) is 11.2. The van der Waals surface area contributed by atoms with E-state index in [1.807, 2.05) is 0 Å². The van der Waals surface area contributed by atoms with Gasteiger partial charge in [0.2, 0.25) is 5.60 Å². The van der Waals surface area contributed by atoms with Crippen LogP contribution in [-0.2, 0) is 20.9 Å². The lowest BCUT2D eigenvalue weighted by molar-refractivity contribution is -0.158. The number of hydrogen-bond acceptors (Lipinski definition) is 7. The zero-order valence-corrected chi connectivity index (χ0v) is 22.5. The number of halogens is 5. The van der Waals surface area contributed by atoms with Crippen molar-refractivity contribution in [3.63, 3.8) is 0 Å². The maximum Gasteiger partial charge on any atom is 0.266 e. The number of nitrogens with two attached hydrogens (primary N) is 1. The average Bonchev–Trinajstić information content (AvgIpc) is 3.51. The quantitative estimate of drug-likeness (QED) is 0.347. The molecule has 5 atom stereocenters. The van der Waals surface area contributed by atoms with Crippen LogP contribution in [0.3, 0.4) is 0 Å². The van der Waals surface area contributed by atoms with Crippen LogP contribution in [0.25, 0.3) is 0 Å². The standard InChI is InChI=1S/C26H26Cl2F3N5O4/c27-14-7-13(22(31)18(28)8-14)11-33-24(37)26(39)4-6-35(25(26)38)21-3-5-34-36(21)16-10-20(32)23(40-12-16)17-9-15(29)1-2-19(17)30/h1-2,5,7-9,16,20-21,23,39H,3-4,6,10-12,32H2,(H,33,37)/t16-,20+,21?,23-,26?/m1/s1. The van der Waals surface area contributed by atoms with Crippen molar-refractivity contribution < 1.29 is 32.6 Å². The van der Waals surface area contributed by atoms with Crippen molar-refractivity contribution >= 4 is 41.2 Å². The van der Waals surface area contributed by atoms with E-state index >= 15 is 0 Å². The maximum atomic E-state index is 14.3. The largest absolute Gasteiger partial charge is 0.372 e. The third kappa shape index (κ3) is 5.26. The van der Waals surface area contributed by atoms with E-state index < -0.39 is 59.2 Å². The third-order valence-electron chi connectivity index (χ3n) is 7.45. The van der Waals surface area contributed by atoms with Crippen LogP contribution in [0.15, 0.2) is 35.4 Å². The zero-order chi connectivity index (χ0) is 28.8. The van der Waals surface area contributed by atoms with Gasteiger partial charge in [0.25, 0.3) is 11.8 Å². The second-order valence-corrected chi connectivity index (χ2v) is 10.9. The molecule has 5 rings (SSSR count). The molecular formula is C26H26Cl2F3N5O4. The topological polar surface area (TPSA) is 120 Å². The summed E-state index contributed by atoms with van der Waals surface area (Å²) in [6.07, 6.45) is 0.547. The van der Waals surface area contributed by atoms with Crippen LogP contribution < -0.4 is 11.1 Å². The van der Waals surface area contributed by atoms with E-state index in [4.69, 9.17) is 33.7 Å². The summed E-state index contributed by atoms with van der Waals surface area (Å²) in [4.78, 5) is 27.6. The molecule has 0 aliphatic carbocycles. The molecule has 3 aliphatic rings. The number of benzene rings is 2. The molecule has 0 aromatic heterocycles. The minimum Gasteiger partial charge on any atom is -0.372 e. The minimum atomic E-state index is -2.37. The molecule has 2 aromatic rings. The number of aliphatic hydroxyl groups is 1. The number of amides is 2. The molecule has 214 valence electrons. The second-order valence-electron chi connectivity index (χ2n) is 10.0. The van der Waals surface area contributed by atoms with Crippen LogP contribution in [0.1, 0.15) is 36.5 Å². The first-order chi connectivity index (χ1) is 19.0. The van der Waals surface area contributed by atoms with Crippen LogP contribution in [0.5, 0.6) is 0 Å². The van der Waals surface area contributed by atoms with E-state index in [9.17, 15) is 27.9 Å². The van der Waals surface area contributed by atoms with Gasteiger partial charge in [-0.15, -0.1) is 0 Å². The van der Waals surface area contributed by atoms with Crippen LogP contribution in [0.2, 0.25) is 10.0 Å². The summed E-state index contributed by atoms with van der Waals surface area (Å²) in [5.41, 5.74) is 3.95. The number of rotatable bonds is 6. The fourth-order valence-electron chi connectivity index (χ4n) is 5.39. The molecule has 4 N–H and O–H groups in total. The van der Waals surface area contributed by atoms with Crippen LogP contribution >= 0.6 is 23.2 Å². The Morgan fingerprint density at radius 2 is 2.02 bits per heavy atom. The first kappa shape index (κ1) is 28.6. The van der Waals surface area contributed by atoms with Gasteiger partial charge in [-0.1, -0.05) is 23.2 Å². The van der Waals surface area contributed by atoms with Gasteiger partial charge in [0.1, 0.15) is 29.7 Å². The SMILES string of the molecule is N[C@H]1C[C@@H](N2N=CCC2N2CCC(O)(C(=O)NCc3cc(Cl)cc(Cl)c3F)C2=O)CO[C@@H]1c1cc(F)ccc1F. The van der Waals surface area contributed by atoms with Crippen molar-refractivity contribution in [3.05, 3.63) is 69.0 Å². The Morgan fingerprint density at radius 1 is 1.25 bits per heavy atom. The molecule has 40 heavy (non-hydrogen) atoms. The van der Waals surface area contributed by atoms with Crippen molar-refractivity contribution in [2.24, 2.45) is 10.8 Å². The number of ether oxygens (including phenoxy) is 1. The Kier molecular flexibility index (Phi) is 7.99. The highest BCUT2D eigenvalue weighted by atomic mass is 35.5. The van der Waals surface area contributed by atoms with E-state index in [-0.39, 0.29) is 47.3 Å². The van der Waals surface area contributed by atoms with Crippen molar-refractivity contribution in [1.82, 2.24) is 15.2 Å². The van der Waals surface area contributed by atoms with Crippen molar-refractivity contribution in [3.8, 4) is 0 Å². The number of nitrogens with zero attached hydrogens (tertiary/aromatic N) is 3. The van der Waals surface area contributed by atoms with Crippen LogP contribution in [0, 0.1) is 17.5 Å². The summed E-state index contributed by atoms with van der Waals surface area (Å²) in [5, 5.41) is 19.4. The maximum absolute atomic E-state index is 14.3. The van der Waals surface area contributed by atoms with E-state index in [1.165, 1.54) is 17.0 Å². The Morgan fingerprint density at radius 3 is 2.77 bits per heavy atom. The van der Waals surface area contributed by atoms with Crippen LogP contribution in [-0.4, -0.2) is 70.0 Å². The summed E-state index contributed by atoms with van der Waals surface area (Å²) < 4.78 is 48.2. The lowest BCUT2D eigenvalue weighted by Crippen LogP contribution is -2.57. The molecule has 2 aromatic carbocycles. The van der Waals surface area contributed by atoms with Gasteiger partial charge in [0.05, 0.1) is 17.7 Å². The molecule has 2 saturated heterocycles. The Bertz CT molecular complexity index is 1370. The summed E-state index contributed by atoms with van der Waals surface area (Å²) in [7, 11) is 0. The van der Waals surface area contributed by atoms with E-state index in [0.717, 1.165) is 18.2 Å². The molecule has 0 radical (unpaired) electrons. The molecule has 9 nitrogen and oxygen atoms in total. The molecule has 2 amide bonds. The Hall–Kier alpha value is -2.90. The van der Waals surface area contributed by atoms with Gasteiger partial charge in [-0.3, -0.25) is 14.6 Å². The summed E-state index contributed by atoms with van der Waals surface area (Å²) in [5.74, 6) is -3.81. The average molecular weight is 600 g/mol. The highest BCUT2D eigenvalue weighted by molar-refractivity contribution is 6.34. The highest BCUT2D eigenvalue weighted by Crippen LogP contribution is 2.35. The van der Waals surface area contributed by atoms with Crippen LogP contribution in [0.4, 0.5) is 13.2 Å². The smallest absolute Gasteiger partial charge is 0.266 e. The van der Waals surface area contributed by atoms with Crippen molar-refractivity contribution in [2.45, 2.75) is 55.8 Å². The van der Waals surface area contributed by atoms with Gasteiger partial charge < -0.3 is 25.8 Å². The molecule has 2 fully saturated rings. The molecule has 2 unspecified atom stereocenters. The highest BCUT2D eigenvalue weighted by Gasteiger charge is 2.54. The Balaban J connectivity index is 1.24. The molecule has 3 aliphatic heterocycles. The van der Waals surface area contributed by atoms with E-state index in [2.05, 4.69) is 10.4 Å². The first-order valence-corrected chi connectivity index (χ1v) is 13.3. The minimum absolute atomic E-state index is 0.00261. The van der Waals surface area contributed by atoms with E-state index in [0.29, 0.717) is 12.8 Å². The predicted octanol–water partition coefficient (Wildman–Crippen LogP) is 2.87. The number of hydrogen-bond donors (Lipinski definition) is 3. The lowest BCUT2D eigenvalue weighted by Gasteiger charge is -2.42. The normalized spacial score (nSPS) is 28.4. The molecule has 3 heterocycles. The van der Waals surface area contributed by atoms with E-state index in [1.54, 1.807) is 11.2 Å². The monoisotopic (exact) mass is 599 g/mol. The van der Waals surface area contributed by atoms with Gasteiger partial charge in [-0.2, -0.15) is 5.10 Å². The predicted molar refractivity (Wildman–Crippen MR) is 140 cm³/mol. The fraction of sp³-hybridized carbons (Fsp3) is 0.423. The molecule has 14 heteroatoms. The number of likely N-dealkylation sites (tertiary alicyclic amines) is 1. The molecular weight excluding hydrogens is 574 g/mol. The first-order valence-electron chi connectivity index (χ1n) is 12.6. The van der Waals surface area contributed by atoms with Gasteiger partial charge >= 0.3 is 0 Å². The number of carbonyl (C=O) groups is 2. The summed E-state index contributed by atoms with van der Waals surface area (Å²) in [6.45, 7) is -0.215. The lowest BCUT2D eigenvalue weighted by atomic mass is 9.93. The van der Waals surface area contributed by atoms with Gasteiger partial charge in [0.15, 0.2) is 0 Å². The fourth-order valence-corrected chi connectivity index (χ4v) is 5.93. The third-order valence-corrected chi connectivity index (χ3v) is 7.94. The number of carbonyl (C=O) groups excluding carboxylic acids is 2. The summed E-state index contributed by atoms with van der Waals surface area (Å²) >= 11 is 11.7. The molecule has 0 spiro atoms.